The number of carboxylic acid groups (broad SMARTS) is 1. The van der Waals surface area contributed by atoms with Crippen molar-refractivity contribution in [2.75, 3.05) is 13.2 Å². The average Bonchev–Trinajstić information content (AvgIpc) is 2.62. The van der Waals surface area contributed by atoms with Crippen LogP contribution in [0.4, 0.5) is 0 Å². The average molecular weight is 278 g/mol. The smallest absolute Gasteiger partial charge is 0.306 e. The van der Waals surface area contributed by atoms with Gasteiger partial charge in [-0.3, -0.25) is 4.79 Å². The number of carboxylic acids is 1. The van der Waals surface area contributed by atoms with Gasteiger partial charge in [-0.1, -0.05) is 20.8 Å². The second kappa shape index (κ2) is 6.16. The highest BCUT2D eigenvalue weighted by atomic mass is 16.5. The second-order valence-corrected chi connectivity index (χ2v) is 5.65. The summed E-state index contributed by atoms with van der Waals surface area (Å²) in [4.78, 5) is 11.1. The molecule has 4 heteroatoms. The normalized spacial score (nSPS) is 15.8. The molecule has 1 atom stereocenters. The molecule has 0 aromatic heterocycles. The van der Waals surface area contributed by atoms with Crippen LogP contribution in [0.2, 0.25) is 0 Å². The topological polar surface area (TPSA) is 55.8 Å². The van der Waals surface area contributed by atoms with E-state index in [2.05, 4.69) is 13.8 Å². The lowest BCUT2D eigenvalue weighted by Gasteiger charge is -2.18. The van der Waals surface area contributed by atoms with Gasteiger partial charge < -0.3 is 14.6 Å². The van der Waals surface area contributed by atoms with Crippen molar-refractivity contribution in [3.8, 4) is 11.5 Å². The van der Waals surface area contributed by atoms with Gasteiger partial charge in [0, 0.05) is 6.42 Å². The summed E-state index contributed by atoms with van der Waals surface area (Å²) in [6.45, 7) is 7.25. The maximum Gasteiger partial charge on any atom is 0.306 e. The minimum atomic E-state index is -0.771. The SMILES string of the molecule is CC(Cc1cc2c(cc1C(C)C)OCCCO2)C(=O)O. The summed E-state index contributed by atoms with van der Waals surface area (Å²) < 4.78 is 11.4. The van der Waals surface area contributed by atoms with E-state index in [9.17, 15) is 4.79 Å². The van der Waals surface area contributed by atoms with Crippen LogP contribution in [0.15, 0.2) is 12.1 Å². The minimum absolute atomic E-state index is 0.322. The third kappa shape index (κ3) is 3.24. The molecule has 0 radical (unpaired) electrons. The van der Waals surface area contributed by atoms with Crippen LogP contribution in [0, 0.1) is 5.92 Å². The first-order valence-electron chi connectivity index (χ1n) is 7.14. The summed E-state index contributed by atoms with van der Waals surface area (Å²) in [7, 11) is 0. The zero-order valence-electron chi connectivity index (χ0n) is 12.3. The molecule has 1 N–H and O–H groups in total. The number of hydrogen-bond acceptors (Lipinski definition) is 3. The van der Waals surface area contributed by atoms with Crippen LogP contribution in [0.1, 0.15) is 44.2 Å². The molecule has 1 aromatic rings. The molecular formula is C16H22O4. The van der Waals surface area contributed by atoms with Crippen molar-refractivity contribution in [2.45, 2.75) is 39.5 Å². The third-order valence-electron chi connectivity index (χ3n) is 3.58. The van der Waals surface area contributed by atoms with Gasteiger partial charge in [0.1, 0.15) is 0 Å². The van der Waals surface area contributed by atoms with Gasteiger partial charge in [-0.2, -0.15) is 0 Å². The Kier molecular flexibility index (Phi) is 4.53. The number of fused-ring (bicyclic) bond motifs is 1. The molecule has 0 fully saturated rings. The molecule has 1 aliphatic rings. The monoisotopic (exact) mass is 278 g/mol. The highest BCUT2D eigenvalue weighted by molar-refractivity contribution is 5.70. The zero-order valence-corrected chi connectivity index (χ0v) is 12.3. The van der Waals surface area contributed by atoms with E-state index in [0.717, 1.165) is 29.0 Å². The molecule has 1 aromatic carbocycles. The molecule has 0 aliphatic carbocycles. The Bertz CT molecular complexity index is 493. The molecule has 20 heavy (non-hydrogen) atoms. The number of aliphatic carboxylic acids is 1. The summed E-state index contributed by atoms with van der Waals surface area (Å²) in [5, 5.41) is 9.10. The highest BCUT2D eigenvalue weighted by Gasteiger charge is 2.20. The summed E-state index contributed by atoms with van der Waals surface area (Å²) in [5.41, 5.74) is 2.18. The lowest BCUT2D eigenvalue weighted by atomic mass is 9.90. The number of carbonyl (C=O) groups is 1. The Morgan fingerprint density at radius 3 is 2.35 bits per heavy atom. The molecule has 1 heterocycles. The summed E-state index contributed by atoms with van der Waals surface area (Å²) in [6.07, 6.45) is 1.38. The first kappa shape index (κ1) is 14.7. The van der Waals surface area contributed by atoms with Gasteiger partial charge >= 0.3 is 5.97 Å². The van der Waals surface area contributed by atoms with Crippen LogP contribution in [0.5, 0.6) is 11.5 Å². The molecular weight excluding hydrogens is 256 g/mol. The maximum absolute atomic E-state index is 11.1. The number of rotatable bonds is 4. The molecule has 2 rings (SSSR count). The molecule has 110 valence electrons. The van der Waals surface area contributed by atoms with E-state index >= 15 is 0 Å². The highest BCUT2D eigenvalue weighted by Crippen LogP contribution is 2.36. The van der Waals surface area contributed by atoms with Crippen LogP contribution in [0.3, 0.4) is 0 Å². The van der Waals surface area contributed by atoms with Gasteiger partial charge in [-0.25, -0.2) is 0 Å². The van der Waals surface area contributed by atoms with Crippen molar-refractivity contribution in [1.29, 1.82) is 0 Å². The quantitative estimate of drug-likeness (QED) is 0.918. The van der Waals surface area contributed by atoms with E-state index < -0.39 is 11.9 Å². The van der Waals surface area contributed by atoms with Gasteiger partial charge in [0.15, 0.2) is 11.5 Å². The van der Waals surface area contributed by atoms with E-state index in [-0.39, 0.29) is 0 Å². The van der Waals surface area contributed by atoms with E-state index in [1.54, 1.807) is 6.92 Å². The summed E-state index contributed by atoms with van der Waals surface area (Å²) in [5.74, 6) is 0.657. The Balaban J connectivity index is 2.38. The number of ether oxygens (including phenoxy) is 2. The van der Waals surface area contributed by atoms with Crippen molar-refractivity contribution in [2.24, 2.45) is 5.92 Å². The van der Waals surface area contributed by atoms with E-state index in [1.807, 2.05) is 12.1 Å². The van der Waals surface area contributed by atoms with Gasteiger partial charge in [0.05, 0.1) is 19.1 Å². The van der Waals surface area contributed by atoms with Crippen LogP contribution in [-0.2, 0) is 11.2 Å². The predicted molar refractivity (Wildman–Crippen MR) is 76.6 cm³/mol. The molecule has 4 nitrogen and oxygen atoms in total. The van der Waals surface area contributed by atoms with Crippen LogP contribution in [-0.4, -0.2) is 24.3 Å². The van der Waals surface area contributed by atoms with Crippen molar-refractivity contribution >= 4 is 5.97 Å². The molecule has 0 bridgehead atoms. The predicted octanol–water partition coefficient (Wildman–Crippen LogP) is 3.23. The van der Waals surface area contributed by atoms with Crippen molar-refractivity contribution in [3.63, 3.8) is 0 Å². The molecule has 0 spiro atoms. The maximum atomic E-state index is 11.1. The Hall–Kier alpha value is -1.71. The summed E-state index contributed by atoms with van der Waals surface area (Å²) in [6, 6.07) is 3.96. The number of benzene rings is 1. The standard InChI is InChI=1S/C16H22O4/c1-10(2)13-9-15-14(19-5-4-6-20-15)8-12(13)7-11(3)16(17)18/h8-11H,4-7H2,1-3H3,(H,17,18). The van der Waals surface area contributed by atoms with Crippen LogP contribution >= 0.6 is 0 Å². The largest absolute Gasteiger partial charge is 0.490 e. The summed E-state index contributed by atoms with van der Waals surface area (Å²) >= 11 is 0. The van der Waals surface area contributed by atoms with E-state index in [4.69, 9.17) is 14.6 Å². The lowest BCUT2D eigenvalue weighted by Crippen LogP contribution is -2.14. The fourth-order valence-corrected chi connectivity index (χ4v) is 2.40. The molecule has 1 unspecified atom stereocenters. The van der Waals surface area contributed by atoms with Crippen molar-refractivity contribution < 1.29 is 19.4 Å². The fraction of sp³-hybridized carbons (Fsp3) is 0.562. The van der Waals surface area contributed by atoms with Gasteiger partial charge in [0.2, 0.25) is 0 Å². The third-order valence-corrected chi connectivity index (χ3v) is 3.58. The van der Waals surface area contributed by atoms with Crippen molar-refractivity contribution in [3.05, 3.63) is 23.3 Å². The molecule has 0 saturated carbocycles. The molecule has 0 amide bonds. The van der Waals surface area contributed by atoms with E-state index in [1.165, 1.54) is 0 Å². The van der Waals surface area contributed by atoms with Gasteiger partial charge in [0.25, 0.3) is 0 Å². The second-order valence-electron chi connectivity index (χ2n) is 5.65. The lowest BCUT2D eigenvalue weighted by molar-refractivity contribution is -0.141. The Morgan fingerprint density at radius 2 is 1.80 bits per heavy atom. The molecule has 1 aliphatic heterocycles. The van der Waals surface area contributed by atoms with Gasteiger partial charge in [-0.05, 0) is 35.6 Å². The van der Waals surface area contributed by atoms with Crippen LogP contribution in [0.25, 0.3) is 0 Å². The van der Waals surface area contributed by atoms with Gasteiger partial charge in [-0.15, -0.1) is 0 Å². The zero-order chi connectivity index (χ0) is 14.7. The first-order valence-corrected chi connectivity index (χ1v) is 7.14. The Labute approximate surface area is 119 Å². The number of hydrogen-bond donors (Lipinski definition) is 1. The fourth-order valence-electron chi connectivity index (χ4n) is 2.40. The van der Waals surface area contributed by atoms with E-state index in [0.29, 0.717) is 25.6 Å². The first-order chi connectivity index (χ1) is 9.49. The Morgan fingerprint density at radius 1 is 1.20 bits per heavy atom. The molecule has 0 saturated heterocycles. The minimum Gasteiger partial charge on any atom is -0.490 e. The van der Waals surface area contributed by atoms with Crippen molar-refractivity contribution in [1.82, 2.24) is 0 Å². The van der Waals surface area contributed by atoms with Crippen LogP contribution < -0.4 is 9.47 Å².